The van der Waals surface area contributed by atoms with Crippen molar-refractivity contribution in [2.45, 2.75) is 56.6 Å². The molecule has 4 rings (SSSR count). The van der Waals surface area contributed by atoms with Gasteiger partial charge in [-0.15, -0.1) is 10.2 Å². The number of thioether (sulfide) groups is 1. The minimum absolute atomic E-state index is 0.0236. The van der Waals surface area contributed by atoms with Crippen LogP contribution < -0.4 is 5.32 Å². The Morgan fingerprint density at radius 3 is 2.63 bits per heavy atom. The highest BCUT2D eigenvalue weighted by molar-refractivity contribution is 7.99. The third-order valence-corrected chi connectivity index (χ3v) is 6.49. The van der Waals surface area contributed by atoms with Gasteiger partial charge >= 0.3 is 0 Å². The fourth-order valence-electron chi connectivity index (χ4n) is 4.01. The van der Waals surface area contributed by atoms with E-state index in [0.717, 1.165) is 47.1 Å². The molecule has 156 valence electrons. The van der Waals surface area contributed by atoms with Gasteiger partial charge in [0.1, 0.15) is 0 Å². The molecule has 3 aromatic rings. The molecule has 2 heterocycles. The molecule has 0 radical (unpaired) electrons. The summed E-state index contributed by atoms with van der Waals surface area (Å²) in [5.41, 5.74) is 3.04. The fraction of sp³-hybridized carbons (Fsp3) is 0.391. The van der Waals surface area contributed by atoms with Gasteiger partial charge in [-0.05, 0) is 43.0 Å². The lowest BCUT2D eigenvalue weighted by Crippen LogP contribution is -2.18. The zero-order valence-corrected chi connectivity index (χ0v) is 18.1. The monoisotopic (exact) mass is 421 g/mol. The number of pyridine rings is 1. The highest BCUT2D eigenvalue weighted by atomic mass is 32.2. The number of nitrogens with zero attached hydrogens (tertiary/aromatic N) is 4. The van der Waals surface area contributed by atoms with Crippen molar-refractivity contribution in [2.75, 3.05) is 11.1 Å². The average molecular weight is 422 g/mol. The van der Waals surface area contributed by atoms with Gasteiger partial charge in [-0.1, -0.05) is 56.1 Å². The number of benzene rings is 1. The molecule has 1 saturated carbocycles. The third-order valence-electron chi connectivity index (χ3n) is 5.55. The molecule has 0 bridgehead atoms. The van der Waals surface area contributed by atoms with Crippen LogP contribution in [0.25, 0.3) is 11.4 Å². The van der Waals surface area contributed by atoms with Gasteiger partial charge in [-0.2, -0.15) is 0 Å². The maximum absolute atomic E-state index is 12.6. The van der Waals surface area contributed by atoms with Crippen LogP contribution >= 0.6 is 11.8 Å². The molecule has 0 aliphatic heterocycles. The Labute approximate surface area is 181 Å². The van der Waals surface area contributed by atoms with Gasteiger partial charge < -0.3 is 5.32 Å². The van der Waals surface area contributed by atoms with E-state index in [1.165, 1.54) is 31.0 Å². The summed E-state index contributed by atoms with van der Waals surface area (Å²) in [5.74, 6) is 1.15. The topological polar surface area (TPSA) is 72.7 Å². The van der Waals surface area contributed by atoms with E-state index in [2.05, 4.69) is 32.0 Å². The van der Waals surface area contributed by atoms with Gasteiger partial charge in [0.05, 0.1) is 5.75 Å². The van der Waals surface area contributed by atoms with Crippen molar-refractivity contribution >= 4 is 23.4 Å². The number of aryl methyl sites for hydroxylation is 1. The van der Waals surface area contributed by atoms with E-state index in [-0.39, 0.29) is 5.91 Å². The number of anilines is 1. The molecule has 2 aromatic heterocycles. The van der Waals surface area contributed by atoms with Gasteiger partial charge in [-0.3, -0.25) is 14.3 Å². The molecule has 1 aliphatic carbocycles. The summed E-state index contributed by atoms with van der Waals surface area (Å²) in [6.07, 6.45) is 10.4. The summed E-state index contributed by atoms with van der Waals surface area (Å²) >= 11 is 1.46. The number of hydrogen-bond acceptors (Lipinski definition) is 5. The first-order valence-corrected chi connectivity index (χ1v) is 11.6. The van der Waals surface area contributed by atoms with Crippen LogP contribution in [0.5, 0.6) is 0 Å². The maximum Gasteiger partial charge on any atom is 0.234 e. The van der Waals surface area contributed by atoms with Crippen LogP contribution in [0.2, 0.25) is 0 Å². The molecule has 30 heavy (non-hydrogen) atoms. The van der Waals surface area contributed by atoms with Crippen molar-refractivity contribution in [1.82, 2.24) is 19.7 Å². The molecule has 0 unspecified atom stereocenters. The van der Waals surface area contributed by atoms with Crippen LogP contribution in [0.3, 0.4) is 0 Å². The third kappa shape index (κ3) is 4.73. The number of amides is 1. The molecule has 6 nitrogen and oxygen atoms in total. The molecule has 0 atom stereocenters. The molecular weight excluding hydrogens is 394 g/mol. The first-order valence-electron chi connectivity index (χ1n) is 10.6. The van der Waals surface area contributed by atoms with E-state index in [0.29, 0.717) is 11.8 Å². The average Bonchev–Trinajstić information content (AvgIpc) is 3.23. The highest BCUT2D eigenvalue weighted by Gasteiger charge is 2.24. The highest BCUT2D eigenvalue weighted by Crippen LogP contribution is 2.35. The van der Waals surface area contributed by atoms with Crippen LogP contribution in [0, 0.1) is 0 Å². The smallest absolute Gasteiger partial charge is 0.234 e. The van der Waals surface area contributed by atoms with Crippen molar-refractivity contribution in [3.05, 3.63) is 54.4 Å². The summed E-state index contributed by atoms with van der Waals surface area (Å²) < 4.78 is 2.24. The molecule has 1 N–H and O–H groups in total. The second kappa shape index (κ2) is 9.89. The Morgan fingerprint density at radius 1 is 1.10 bits per heavy atom. The normalized spacial score (nSPS) is 14.6. The van der Waals surface area contributed by atoms with Crippen molar-refractivity contribution in [2.24, 2.45) is 0 Å². The van der Waals surface area contributed by atoms with E-state index in [1.807, 2.05) is 36.4 Å². The van der Waals surface area contributed by atoms with Crippen molar-refractivity contribution in [3.8, 4) is 11.4 Å². The summed E-state index contributed by atoms with van der Waals surface area (Å²) in [6.45, 7) is 2.09. The predicted molar refractivity (Wildman–Crippen MR) is 121 cm³/mol. The maximum atomic E-state index is 12.6. The van der Waals surface area contributed by atoms with E-state index in [1.54, 1.807) is 12.4 Å². The molecule has 1 fully saturated rings. The number of nitrogens with one attached hydrogen (secondary N) is 1. The van der Waals surface area contributed by atoms with Gasteiger partial charge in [0.25, 0.3) is 0 Å². The van der Waals surface area contributed by atoms with E-state index in [4.69, 9.17) is 0 Å². The standard InChI is InChI=1S/C23H27N5OS/c1-2-17-8-6-7-11-20(17)25-21(29)16-30-23-27-26-22(18-12-14-24-15-13-18)28(23)19-9-4-3-5-10-19/h6-8,11-15,19H,2-5,9-10,16H2,1H3,(H,25,29). The molecule has 7 heteroatoms. The lowest BCUT2D eigenvalue weighted by molar-refractivity contribution is -0.113. The quantitative estimate of drug-likeness (QED) is 0.535. The van der Waals surface area contributed by atoms with Crippen LogP contribution in [-0.4, -0.2) is 31.4 Å². The SMILES string of the molecule is CCc1ccccc1NC(=O)CSc1nnc(-c2ccncc2)n1C1CCCCC1. The van der Waals surface area contributed by atoms with Gasteiger partial charge in [-0.25, -0.2) is 0 Å². The summed E-state index contributed by atoms with van der Waals surface area (Å²) in [5, 5.41) is 12.8. The van der Waals surface area contributed by atoms with E-state index >= 15 is 0 Å². The Bertz CT molecular complexity index is 982. The number of aromatic nitrogens is 4. The van der Waals surface area contributed by atoms with Gasteiger partial charge in [0.15, 0.2) is 11.0 Å². The Balaban J connectivity index is 1.52. The van der Waals surface area contributed by atoms with Crippen LogP contribution in [-0.2, 0) is 11.2 Å². The molecule has 0 spiro atoms. The number of carbonyl (C=O) groups is 1. The first kappa shape index (κ1) is 20.6. The number of carbonyl (C=O) groups excluding carboxylic acids is 1. The van der Waals surface area contributed by atoms with Gasteiger partial charge in [0.2, 0.25) is 5.91 Å². The van der Waals surface area contributed by atoms with Crippen LogP contribution in [0.15, 0.2) is 53.9 Å². The lowest BCUT2D eigenvalue weighted by Gasteiger charge is -2.25. The minimum Gasteiger partial charge on any atom is -0.325 e. The summed E-state index contributed by atoms with van der Waals surface area (Å²) in [7, 11) is 0. The molecule has 1 aliphatic rings. The fourth-order valence-corrected chi connectivity index (χ4v) is 4.81. The second-order valence-electron chi connectivity index (χ2n) is 7.55. The van der Waals surface area contributed by atoms with Gasteiger partial charge in [0, 0.05) is 29.7 Å². The second-order valence-corrected chi connectivity index (χ2v) is 8.49. The number of rotatable bonds is 7. The Kier molecular flexibility index (Phi) is 6.79. The molecule has 1 aromatic carbocycles. The largest absolute Gasteiger partial charge is 0.325 e. The number of hydrogen-bond donors (Lipinski definition) is 1. The number of para-hydroxylation sites is 1. The molecule has 0 saturated heterocycles. The lowest BCUT2D eigenvalue weighted by atomic mass is 9.95. The van der Waals surface area contributed by atoms with Crippen molar-refractivity contribution in [1.29, 1.82) is 0 Å². The van der Waals surface area contributed by atoms with Crippen LogP contribution in [0.1, 0.15) is 50.6 Å². The molecular formula is C23H27N5OS. The predicted octanol–water partition coefficient (Wildman–Crippen LogP) is 5.14. The minimum atomic E-state index is -0.0236. The first-order chi connectivity index (χ1) is 14.8. The van der Waals surface area contributed by atoms with E-state index in [9.17, 15) is 4.79 Å². The summed E-state index contributed by atoms with van der Waals surface area (Å²) in [4.78, 5) is 16.7. The van der Waals surface area contributed by atoms with E-state index < -0.39 is 0 Å². The van der Waals surface area contributed by atoms with Crippen molar-refractivity contribution < 1.29 is 4.79 Å². The molecule has 1 amide bonds. The summed E-state index contributed by atoms with van der Waals surface area (Å²) in [6, 6.07) is 12.2. The Hall–Kier alpha value is -2.67. The van der Waals surface area contributed by atoms with Crippen molar-refractivity contribution in [3.63, 3.8) is 0 Å². The Morgan fingerprint density at radius 2 is 1.87 bits per heavy atom. The zero-order chi connectivity index (χ0) is 20.8. The zero-order valence-electron chi connectivity index (χ0n) is 17.3. The van der Waals surface area contributed by atoms with Crippen LogP contribution in [0.4, 0.5) is 5.69 Å².